The molecule has 2 N–H and O–H groups in total. The molecule has 9 nitrogen and oxygen atoms in total. The van der Waals surface area contributed by atoms with E-state index in [4.69, 9.17) is 21.1 Å². The van der Waals surface area contributed by atoms with E-state index in [-0.39, 0.29) is 34.4 Å². The van der Waals surface area contributed by atoms with Gasteiger partial charge in [-0.2, -0.15) is 0 Å². The summed E-state index contributed by atoms with van der Waals surface area (Å²) in [7, 11) is 2.90. The number of anilines is 2. The molecule has 39 heavy (non-hydrogen) atoms. The highest BCUT2D eigenvalue weighted by Crippen LogP contribution is 2.39. The summed E-state index contributed by atoms with van der Waals surface area (Å²) in [6, 6.07) is 14.9. The summed E-state index contributed by atoms with van der Waals surface area (Å²) in [6.07, 6.45) is 3.29. The zero-order valence-electron chi connectivity index (χ0n) is 21.2. The van der Waals surface area contributed by atoms with Gasteiger partial charge in [0.1, 0.15) is 22.9 Å². The summed E-state index contributed by atoms with van der Waals surface area (Å²) in [5, 5.41) is 3.17. The molecule has 0 aliphatic rings. The van der Waals surface area contributed by atoms with Crippen LogP contribution in [-0.4, -0.2) is 45.4 Å². The Morgan fingerprint density at radius 1 is 1.08 bits per heavy atom. The molecule has 0 aliphatic heterocycles. The lowest BCUT2D eigenvalue weighted by Gasteiger charge is -2.24. The first-order chi connectivity index (χ1) is 18.8. The van der Waals surface area contributed by atoms with Crippen molar-refractivity contribution in [2.45, 2.75) is 19.3 Å². The number of carbonyl (C=O) groups excluding carboxylic acids is 1. The number of ether oxygens (including phenoxy) is 2. The fourth-order valence-corrected chi connectivity index (χ4v) is 4.94. The molecule has 204 valence electrons. The number of methoxy groups -OCH3 is 2. The number of carbonyl (C=O) groups is 1. The van der Waals surface area contributed by atoms with E-state index < -0.39 is 23.0 Å². The number of rotatable bonds is 11. The van der Waals surface area contributed by atoms with E-state index in [2.05, 4.69) is 15.3 Å². The second kappa shape index (κ2) is 12.8. The van der Waals surface area contributed by atoms with Crippen molar-refractivity contribution in [2.75, 3.05) is 30.4 Å². The molecule has 1 atom stereocenters. The van der Waals surface area contributed by atoms with Gasteiger partial charge in [0.25, 0.3) is 17.2 Å². The van der Waals surface area contributed by atoms with E-state index in [1.807, 2.05) is 24.3 Å². The van der Waals surface area contributed by atoms with Crippen LogP contribution in [0.25, 0.3) is 10.9 Å². The molecule has 0 bridgehead atoms. The van der Waals surface area contributed by atoms with Gasteiger partial charge in [-0.15, -0.1) is 0 Å². The molecule has 0 fully saturated rings. The summed E-state index contributed by atoms with van der Waals surface area (Å²) in [5.41, 5.74) is 1.43. The molecule has 1 heterocycles. The van der Waals surface area contributed by atoms with Crippen molar-refractivity contribution < 1.29 is 27.4 Å². The largest absolute Gasteiger partial charge is 0.497 e. The van der Waals surface area contributed by atoms with Crippen molar-refractivity contribution in [1.82, 2.24) is 9.97 Å². The Labute approximate surface area is 232 Å². The van der Waals surface area contributed by atoms with Gasteiger partial charge in [-0.3, -0.25) is 13.7 Å². The number of fused-ring (bicyclic) bond motifs is 1. The molecule has 1 unspecified atom stereocenters. The van der Waals surface area contributed by atoms with Crippen LogP contribution in [-0.2, 0) is 17.7 Å². The lowest BCUT2D eigenvalue weighted by atomic mass is 10.1. The molecule has 4 aromatic rings. The minimum absolute atomic E-state index is 0.0891. The zero-order chi connectivity index (χ0) is 27.9. The highest BCUT2D eigenvalue weighted by Gasteiger charge is 2.24. The predicted molar refractivity (Wildman–Crippen MR) is 150 cm³/mol. The fraction of sp³-hybridized carbons (Fsp3) is 0.222. The third kappa shape index (κ3) is 6.44. The van der Waals surface area contributed by atoms with Gasteiger partial charge in [0.05, 0.1) is 31.0 Å². The second-order valence-corrected chi connectivity index (χ2v) is 9.69. The number of hydrogen-bond acceptors (Lipinski definition) is 6. The van der Waals surface area contributed by atoms with Crippen molar-refractivity contribution in [2.24, 2.45) is 0 Å². The van der Waals surface area contributed by atoms with Crippen LogP contribution in [0.4, 0.5) is 15.8 Å². The molecule has 0 saturated heterocycles. The number of unbranched alkanes of at least 4 members (excludes halogenated alkanes) is 1. The monoisotopic (exact) mass is 572 g/mol. The van der Waals surface area contributed by atoms with Crippen molar-refractivity contribution in [3.05, 3.63) is 83.0 Å². The number of nitrogens with one attached hydrogen (secondary N) is 1. The second-order valence-electron chi connectivity index (χ2n) is 8.43. The third-order valence-corrected chi connectivity index (χ3v) is 7.14. The molecule has 1 aromatic heterocycles. The number of para-hydroxylation sites is 1. The minimum atomic E-state index is -2.43. The highest BCUT2D eigenvalue weighted by atomic mass is 35.5. The molecular weight excluding hydrogens is 547 g/mol. The maximum Gasteiger partial charge on any atom is 0.261 e. The third-order valence-electron chi connectivity index (χ3n) is 6.08. The molecule has 0 radical (unpaired) electrons. The number of benzene rings is 3. The number of amides is 1. The first-order valence-electron chi connectivity index (χ1n) is 11.9. The van der Waals surface area contributed by atoms with Gasteiger partial charge in [0.2, 0.25) is 0 Å². The number of aryl methyl sites for hydroxylation is 1. The average Bonchev–Trinajstić information content (AvgIpc) is 2.94. The minimum Gasteiger partial charge on any atom is -0.497 e. The Hall–Kier alpha value is -3.80. The standard InChI is InChI=1S/C27H26ClFN4O5S/c1-37-18-11-9-17(10-12-18)6-3-4-15-33(39(35)36)22-14-13-21(29)24(25(22)38-2)32-27(34)20-8-5-7-19-23(20)30-16-31-26(19)28/h5,7-14,16H,3-4,6,15H2,1-2H3,(H,32,34)(H,35,36). The normalized spacial score (nSPS) is 11.7. The lowest BCUT2D eigenvalue weighted by Crippen LogP contribution is -2.27. The molecule has 4 rings (SSSR count). The Morgan fingerprint density at radius 3 is 2.54 bits per heavy atom. The van der Waals surface area contributed by atoms with Gasteiger partial charge in [-0.05, 0) is 61.2 Å². The molecule has 3 aromatic carbocycles. The Bertz CT molecular complexity index is 1510. The first-order valence-corrected chi connectivity index (χ1v) is 13.4. The summed E-state index contributed by atoms with van der Waals surface area (Å²) in [6.45, 7) is 0.188. The van der Waals surface area contributed by atoms with Crippen molar-refractivity contribution in [3.63, 3.8) is 0 Å². The SMILES string of the molecule is COc1ccc(CCCCN(c2ccc(F)c(NC(=O)c3cccc4c(Cl)ncnc34)c2OC)S(=O)O)cc1. The summed E-state index contributed by atoms with van der Waals surface area (Å²) >= 11 is 3.69. The Kier molecular flexibility index (Phi) is 9.28. The van der Waals surface area contributed by atoms with E-state index in [0.29, 0.717) is 17.3 Å². The Balaban J connectivity index is 1.55. The van der Waals surface area contributed by atoms with Crippen LogP contribution < -0.4 is 19.1 Å². The lowest BCUT2D eigenvalue weighted by molar-refractivity contribution is 0.102. The zero-order valence-corrected chi connectivity index (χ0v) is 22.8. The fourth-order valence-electron chi connectivity index (χ4n) is 4.15. The van der Waals surface area contributed by atoms with Crippen LogP contribution in [0.15, 0.2) is 60.9 Å². The molecule has 0 aliphatic carbocycles. The van der Waals surface area contributed by atoms with Crippen LogP contribution in [0, 0.1) is 5.82 Å². The van der Waals surface area contributed by atoms with Gasteiger partial charge in [-0.1, -0.05) is 29.8 Å². The van der Waals surface area contributed by atoms with E-state index in [1.165, 1.54) is 29.9 Å². The molecule has 0 spiro atoms. The van der Waals surface area contributed by atoms with E-state index in [0.717, 1.165) is 30.2 Å². The van der Waals surface area contributed by atoms with Crippen LogP contribution in [0.1, 0.15) is 28.8 Å². The molecule has 12 heteroatoms. The number of aromatic nitrogens is 2. The van der Waals surface area contributed by atoms with Crippen molar-refractivity contribution in [3.8, 4) is 11.5 Å². The maximum absolute atomic E-state index is 15.0. The highest BCUT2D eigenvalue weighted by molar-refractivity contribution is 7.80. The van der Waals surface area contributed by atoms with E-state index >= 15 is 0 Å². The topological polar surface area (TPSA) is 114 Å². The van der Waals surface area contributed by atoms with Crippen LogP contribution >= 0.6 is 11.6 Å². The Morgan fingerprint density at radius 2 is 1.85 bits per heavy atom. The average molecular weight is 573 g/mol. The smallest absolute Gasteiger partial charge is 0.261 e. The van der Waals surface area contributed by atoms with Gasteiger partial charge < -0.3 is 14.8 Å². The van der Waals surface area contributed by atoms with Gasteiger partial charge in [-0.25, -0.2) is 18.6 Å². The van der Waals surface area contributed by atoms with Crippen LogP contribution in [0.3, 0.4) is 0 Å². The summed E-state index contributed by atoms with van der Waals surface area (Å²) < 4.78 is 49.1. The summed E-state index contributed by atoms with van der Waals surface area (Å²) in [5.74, 6) is -0.765. The molecule has 0 saturated carbocycles. The number of hydrogen-bond donors (Lipinski definition) is 2. The predicted octanol–water partition coefficient (Wildman–Crippen LogP) is 5.66. The van der Waals surface area contributed by atoms with Crippen LogP contribution in [0.5, 0.6) is 11.5 Å². The summed E-state index contributed by atoms with van der Waals surface area (Å²) in [4.78, 5) is 21.2. The van der Waals surface area contributed by atoms with Crippen molar-refractivity contribution in [1.29, 1.82) is 0 Å². The number of halogens is 2. The van der Waals surface area contributed by atoms with Gasteiger partial charge in [0, 0.05) is 11.9 Å². The maximum atomic E-state index is 15.0. The number of nitrogens with zero attached hydrogens (tertiary/aromatic N) is 3. The van der Waals surface area contributed by atoms with E-state index in [9.17, 15) is 17.9 Å². The first kappa shape index (κ1) is 28.2. The quantitative estimate of drug-likeness (QED) is 0.135. The molecular formula is C27H26ClFN4O5S. The van der Waals surface area contributed by atoms with Crippen LogP contribution in [0.2, 0.25) is 5.15 Å². The van der Waals surface area contributed by atoms with E-state index in [1.54, 1.807) is 19.2 Å². The van der Waals surface area contributed by atoms with Gasteiger partial charge >= 0.3 is 0 Å². The van der Waals surface area contributed by atoms with Gasteiger partial charge in [0.15, 0.2) is 11.6 Å². The molecule has 1 amide bonds. The van der Waals surface area contributed by atoms with Crippen molar-refractivity contribution >= 4 is 51.1 Å².